The number of ether oxygens (including phenoxy) is 1. The first kappa shape index (κ1) is 17.4. The molecule has 0 aromatic carbocycles. The largest absolute Gasteiger partial charge is 0.375 e. The quantitative estimate of drug-likeness (QED) is 0.869. The summed E-state index contributed by atoms with van der Waals surface area (Å²) in [5.74, 6) is 1.22. The van der Waals surface area contributed by atoms with Crippen molar-refractivity contribution in [3.63, 3.8) is 0 Å². The molecule has 0 radical (unpaired) electrons. The molecule has 23 heavy (non-hydrogen) atoms. The number of aryl methyl sites for hydroxylation is 1. The van der Waals surface area contributed by atoms with E-state index in [4.69, 9.17) is 4.74 Å². The van der Waals surface area contributed by atoms with Gasteiger partial charge in [0.2, 0.25) is 11.8 Å². The van der Waals surface area contributed by atoms with Crippen LogP contribution in [0.2, 0.25) is 0 Å². The average Bonchev–Trinajstić information content (AvgIpc) is 2.53. The molecule has 1 aromatic heterocycles. The maximum atomic E-state index is 11.8. The molecule has 2 amide bonds. The van der Waals surface area contributed by atoms with E-state index in [1.807, 2.05) is 17.0 Å². The van der Waals surface area contributed by atoms with E-state index >= 15 is 0 Å². The third-order valence-corrected chi connectivity index (χ3v) is 4.20. The number of rotatable bonds is 6. The molecule has 1 saturated heterocycles. The van der Waals surface area contributed by atoms with Crippen LogP contribution in [-0.2, 0) is 20.7 Å². The van der Waals surface area contributed by atoms with Crippen molar-refractivity contribution in [3.05, 3.63) is 23.9 Å². The summed E-state index contributed by atoms with van der Waals surface area (Å²) in [5, 5.41) is 2.71. The van der Waals surface area contributed by atoms with Crippen LogP contribution in [0.1, 0.15) is 31.7 Å². The molecular weight excluding hydrogens is 294 g/mol. The Balaban J connectivity index is 1.77. The molecule has 126 valence electrons. The molecule has 0 spiro atoms. The fourth-order valence-corrected chi connectivity index (χ4v) is 2.94. The van der Waals surface area contributed by atoms with Crippen LogP contribution in [0.15, 0.2) is 18.3 Å². The minimum atomic E-state index is -0.109. The first-order valence-corrected chi connectivity index (χ1v) is 8.07. The lowest BCUT2D eigenvalue weighted by molar-refractivity contribution is -0.136. The molecule has 0 aliphatic carbocycles. The monoisotopic (exact) mass is 319 g/mol. The number of likely N-dealkylation sites (tertiary alicyclic amines) is 1. The third-order valence-electron chi connectivity index (χ3n) is 4.20. The zero-order valence-corrected chi connectivity index (χ0v) is 13.9. The van der Waals surface area contributed by atoms with Gasteiger partial charge in [-0.3, -0.25) is 9.59 Å². The first-order chi connectivity index (χ1) is 11.1. The second kappa shape index (κ2) is 8.62. The number of methoxy groups -OCH3 is 1. The number of carbonyl (C=O) groups is 2. The van der Waals surface area contributed by atoms with Crippen molar-refractivity contribution in [1.82, 2.24) is 9.88 Å². The van der Waals surface area contributed by atoms with Crippen molar-refractivity contribution in [2.75, 3.05) is 32.1 Å². The second-order valence-corrected chi connectivity index (χ2v) is 6.03. The van der Waals surface area contributed by atoms with Gasteiger partial charge in [0, 0.05) is 33.3 Å². The van der Waals surface area contributed by atoms with E-state index in [9.17, 15) is 9.59 Å². The summed E-state index contributed by atoms with van der Waals surface area (Å²) >= 11 is 0. The summed E-state index contributed by atoms with van der Waals surface area (Å²) < 4.78 is 4.90. The highest BCUT2D eigenvalue weighted by atomic mass is 16.5. The highest BCUT2D eigenvalue weighted by molar-refractivity contribution is 5.87. The number of carbonyl (C=O) groups excluding carboxylic acids is 2. The molecule has 0 bridgehead atoms. The average molecular weight is 319 g/mol. The Hall–Kier alpha value is -1.95. The summed E-state index contributed by atoms with van der Waals surface area (Å²) in [6, 6.07) is 3.92. The van der Waals surface area contributed by atoms with Gasteiger partial charge in [0.25, 0.3) is 0 Å². The van der Waals surface area contributed by atoms with Gasteiger partial charge in [0.1, 0.15) is 12.4 Å². The van der Waals surface area contributed by atoms with Crippen LogP contribution in [0.25, 0.3) is 0 Å². The zero-order valence-electron chi connectivity index (χ0n) is 13.9. The number of aromatic nitrogens is 1. The number of nitrogens with zero attached hydrogens (tertiary/aromatic N) is 2. The normalized spacial score (nSPS) is 15.5. The van der Waals surface area contributed by atoms with E-state index < -0.39 is 0 Å². The Kier molecular flexibility index (Phi) is 6.52. The van der Waals surface area contributed by atoms with E-state index in [2.05, 4.69) is 10.3 Å². The lowest BCUT2D eigenvalue weighted by Gasteiger charge is -2.32. The number of hydrogen-bond donors (Lipinski definition) is 1. The van der Waals surface area contributed by atoms with Gasteiger partial charge in [-0.05, 0) is 49.3 Å². The van der Waals surface area contributed by atoms with Crippen molar-refractivity contribution in [1.29, 1.82) is 0 Å². The maximum absolute atomic E-state index is 11.8. The maximum Gasteiger partial charge on any atom is 0.248 e. The van der Waals surface area contributed by atoms with E-state index in [0.717, 1.165) is 38.8 Å². The van der Waals surface area contributed by atoms with Crippen LogP contribution in [0.4, 0.5) is 5.82 Å². The summed E-state index contributed by atoms with van der Waals surface area (Å²) in [4.78, 5) is 28.9. The number of piperidine rings is 1. The fraction of sp³-hybridized carbons (Fsp3) is 0.588. The minimum absolute atomic E-state index is 0.0834. The highest BCUT2D eigenvalue weighted by Crippen LogP contribution is 2.23. The van der Waals surface area contributed by atoms with E-state index in [1.54, 1.807) is 13.3 Å². The van der Waals surface area contributed by atoms with Crippen LogP contribution in [0.3, 0.4) is 0 Å². The lowest BCUT2D eigenvalue weighted by Crippen LogP contribution is -2.40. The summed E-state index contributed by atoms with van der Waals surface area (Å²) in [5.41, 5.74) is 1.18. The number of hydrogen-bond acceptors (Lipinski definition) is 4. The minimum Gasteiger partial charge on any atom is -0.375 e. The first-order valence-electron chi connectivity index (χ1n) is 8.07. The summed E-state index contributed by atoms with van der Waals surface area (Å²) in [6.45, 7) is 3.29. The molecule has 0 saturated carbocycles. The summed E-state index contributed by atoms with van der Waals surface area (Å²) in [6.07, 6.45) is 5.87. The molecular formula is C17H25N3O3. The Morgan fingerprint density at radius 3 is 2.78 bits per heavy atom. The van der Waals surface area contributed by atoms with Crippen LogP contribution in [0.5, 0.6) is 0 Å². The van der Waals surface area contributed by atoms with Gasteiger partial charge in [0.05, 0.1) is 0 Å². The fourth-order valence-electron chi connectivity index (χ4n) is 2.94. The zero-order chi connectivity index (χ0) is 16.7. The topological polar surface area (TPSA) is 71.5 Å². The summed E-state index contributed by atoms with van der Waals surface area (Å²) in [7, 11) is 1.55. The molecule has 1 aromatic rings. The van der Waals surface area contributed by atoms with Gasteiger partial charge in [-0.2, -0.15) is 0 Å². The molecule has 6 nitrogen and oxygen atoms in total. The molecule has 0 unspecified atom stereocenters. The number of amides is 2. The van der Waals surface area contributed by atoms with Crippen molar-refractivity contribution in [2.24, 2.45) is 5.92 Å². The van der Waals surface area contributed by atoms with Gasteiger partial charge >= 0.3 is 0 Å². The predicted molar refractivity (Wildman–Crippen MR) is 88.0 cm³/mol. The van der Waals surface area contributed by atoms with Crippen LogP contribution in [0, 0.1) is 5.92 Å². The molecule has 2 heterocycles. The smallest absolute Gasteiger partial charge is 0.248 e. The molecule has 2 rings (SSSR count). The number of nitrogens with one attached hydrogen (secondary N) is 1. The van der Waals surface area contributed by atoms with Crippen LogP contribution in [-0.4, -0.2) is 48.5 Å². The third kappa shape index (κ3) is 5.63. The lowest BCUT2D eigenvalue weighted by atomic mass is 9.90. The standard InChI is InChI=1S/C17H25N3O3/c1-13(21)19-16-11-15(5-8-18-16)4-3-14-6-9-20(10-7-14)17(22)12-23-2/h5,8,11,14H,3-4,6-7,9-10,12H2,1-2H3,(H,18,19,21). The van der Waals surface area contributed by atoms with Crippen molar-refractivity contribution in [3.8, 4) is 0 Å². The van der Waals surface area contributed by atoms with Gasteiger partial charge in [0.15, 0.2) is 0 Å². The molecule has 1 aliphatic heterocycles. The van der Waals surface area contributed by atoms with E-state index in [1.165, 1.54) is 12.5 Å². The van der Waals surface area contributed by atoms with Crippen molar-refractivity contribution >= 4 is 17.6 Å². The second-order valence-electron chi connectivity index (χ2n) is 6.03. The SMILES string of the molecule is COCC(=O)N1CCC(CCc2ccnc(NC(C)=O)c2)CC1. The highest BCUT2D eigenvalue weighted by Gasteiger charge is 2.22. The van der Waals surface area contributed by atoms with Gasteiger partial charge < -0.3 is 15.0 Å². The molecule has 6 heteroatoms. The number of pyridine rings is 1. The van der Waals surface area contributed by atoms with E-state index in [0.29, 0.717) is 11.7 Å². The Morgan fingerprint density at radius 2 is 2.13 bits per heavy atom. The van der Waals surface area contributed by atoms with Gasteiger partial charge in [-0.25, -0.2) is 4.98 Å². The molecule has 1 fully saturated rings. The van der Waals surface area contributed by atoms with Crippen LogP contribution < -0.4 is 5.32 Å². The molecule has 1 aliphatic rings. The van der Waals surface area contributed by atoms with Gasteiger partial charge in [-0.1, -0.05) is 0 Å². The van der Waals surface area contributed by atoms with Crippen molar-refractivity contribution < 1.29 is 14.3 Å². The Morgan fingerprint density at radius 1 is 1.39 bits per heavy atom. The van der Waals surface area contributed by atoms with E-state index in [-0.39, 0.29) is 18.4 Å². The van der Waals surface area contributed by atoms with Crippen molar-refractivity contribution in [2.45, 2.75) is 32.6 Å². The molecule has 0 atom stereocenters. The van der Waals surface area contributed by atoms with Gasteiger partial charge in [-0.15, -0.1) is 0 Å². The number of anilines is 1. The Bertz CT molecular complexity index is 540. The molecule has 1 N–H and O–H groups in total. The predicted octanol–water partition coefficient (Wildman–Crippen LogP) is 1.86. The Labute approximate surface area is 137 Å². The van der Waals surface area contributed by atoms with Crippen LogP contribution >= 0.6 is 0 Å².